The molecule has 224 valence electrons. The van der Waals surface area contributed by atoms with Crippen LogP contribution in [0.4, 0.5) is 0 Å². The number of benzene rings is 3. The molecule has 0 radical (unpaired) electrons. The number of rotatable bonds is 11. The molecule has 0 saturated carbocycles. The van der Waals surface area contributed by atoms with E-state index in [2.05, 4.69) is 130 Å². The minimum atomic E-state index is -2.58. The molecular weight excluding hydrogens is 627 g/mol. The fourth-order valence-electron chi connectivity index (χ4n) is 6.58. The van der Waals surface area contributed by atoms with Gasteiger partial charge >= 0.3 is 253 Å². The third kappa shape index (κ3) is 7.59. The Balaban J connectivity index is 0.00000294. The largest absolute Gasteiger partial charge is 1.00 e. The van der Waals surface area contributed by atoms with Gasteiger partial charge in [0.25, 0.3) is 0 Å². The Morgan fingerprint density at radius 1 is 0.476 bits per heavy atom. The van der Waals surface area contributed by atoms with Crippen LogP contribution in [0.2, 0.25) is 0 Å². The van der Waals surface area contributed by atoms with Gasteiger partial charge in [0.2, 0.25) is 0 Å². The molecule has 0 nitrogen and oxygen atoms in total. The van der Waals surface area contributed by atoms with Crippen LogP contribution in [0.3, 0.4) is 0 Å². The van der Waals surface area contributed by atoms with Crippen molar-refractivity contribution in [2.45, 2.75) is 99.8 Å². The standard InChI is InChI=1S/C37H47Si.3ClH.Ti/c1-8-27-18-28(9-2)22-34(21-27)38(37-17-15-16-33(37)14-7,35-23-29(10-3)19-30(11-4)24-35)36-25-31(12-5)20-32(13-6)26-36;;;;/h15,18-26H,8-14,17H2,1-7H3;3*1H;/q;;;;+3/p-3. The van der Waals surface area contributed by atoms with Crippen molar-refractivity contribution in [2.24, 2.45) is 0 Å². The number of hydrogen-bond donors (Lipinski definition) is 0. The zero-order chi connectivity index (χ0) is 28.2. The third-order valence-electron chi connectivity index (χ3n) is 8.91. The summed E-state index contributed by atoms with van der Waals surface area (Å²) in [4.78, 5) is 0. The Kier molecular flexibility index (Phi) is 16.2. The Bertz CT molecular complexity index is 1200. The molecule has 4 rings (SSSR count). The van der Waals surface area contributed by atoms with Crippen molar-refractivity contribution in [1.29, 1.82) is 0 Å². The first-order valence-electron chi connectivity index (χ1n) is 15.4. The molecule has 0 bridgehead atoms. The van der Waals surface area contributed by atoms with Crippen LogP contribution >= 0.6 is 0 Å². The normalized spacial score (nSPS) is 12.8. The minimum Gasteiger partial charge on any atom is -1.00 e. The molecule has 0 spiro atoms. The van der Waals surface area contributed by atoms with E-state index >= 15 is 0 Å². The predicted octanol–water partition coefficient (Wildman–Crippen LogP) is -1.38. The summed E-state index contributed by atoms with van der Waals surface area (Å²) in [5.41, 5.74) is 10.5. The number of halogens is 3. The van der Waals surface area contributed by atoms with E-state index in [4.69, 9.17) is 0 Å². The first-order valence-corrected chi connectivity index (χ1v) is 18.2. The van der Waals surface area contributed by atoms with Crippen molar-refractivity contribution in [1.82, 2.24) is 0 Å². The van der Waals surface area contributed by atoms with E-state index in [1.54, 1.807) is 26.3 Å². The average molecular weight is 674 g/mol. The van der Waals surface area contributed by atoms with Gasteiger partial charge in [0.1, 0.15) is 0 Å². The van der Waals surface area contributed by atoms with Gasteiger partial charge in [-0.05, 0) is 0 Å². The molecule has 0 aliphatic heterocycles. The summed E-state index contributed by atoms with van der Waals surface area (Å²) in [6, 6.07) is 23.0. The van der Waals surface area contributed by atoms with Gasteiger partial charge in [0, 0.05) is 0 Å². The average Bonchev–Trinajstić information content (AvgIpc) is 3.36. The van der Waals surface area contributed by atoms with E-state index in [0.717, 1.165) is 51.4 Å². The van der Waals surface area contributed by atoms with Crippen LogP contribution in [0, 0.1) is 0 Å². The Morgan fingerprint density at radius 2 is 0.762 bits per heavy atom. The van der Waals surface area contributed by atoms with E-state index in [0.29, 0.717) is 0 Å². The molecule has 0 atom stereocenters. The van der Waals surface area contributed by atoms with Gasteiger partial charge in [-0.15, -0.1) is 0 Å². The fraction of sp³-hybridized carbons (Fsp3) is 0.405. The first kappa shape index (κ1) is 39.0. The predicted molar refractivity (Wildman–Crippen MR) is 170 cm³/mol. The molecule has 0 saturated heterocycles. The molecule has 42 heavy (non-hydrogen) atoms. The molecule has 1 aliphatic rings. The van der Waals surface area contributed by atoms with Crippen LogP contribution in [-0.4, -0.2) is 8.07 Å². The number of aryl methyl sites for hydroxylation is 6. The Labute approximate surface area is 287 Å². The summed E-state index contributed by atoms with van der Waals surface area (Å²) in [5.74, 6) is 0. The van der Waals surface area contributed by atoms with E-state index in [1.165, 1.54) is 37.3 Å². The zero-order valence-corrected chi connectivity index (χ0v) is 31.4. The van der Waals surface area contributed by atoms with Crippen LogP contribution in [0.15, 0.2) is 75.3 Å². The molecule has 0 heterocycles. The van der Waals surface area contributed by atoms with Crippen LogP contribution in [0.25, 0.3) is 0 Å². The number of allylic oxidation sites excluding steroid dienone is 4. The van der Waals surface area contributed by atoms with Crippen molar-refractivity contribution in [3.05, 3.63) is 109 Å². The second-order valence-corrected chi connectivity index (χ2v) is 15.8. The van der Waals surface area contributed by atoms with E-state index in [9.17, 15) is 0 Å². The maximum absolute atomic E-state index is 2.60. The van der Waals surface area contributed by atoms with Crippen molar-refractivity contribution in [3.8, 4) is 0 Å². The van der Waals surface area contributed by atoms with Gasteiger partial charge < -0.3 is 37.2 Å². The molecule has 0 aromatic heterocycles. The topological polar surface area (TPSA) is 0 Å². The van der Waals surface area contributed by atoms with Gasteiger partial charge in [-0.3, -0.25) is 0 Å². The third-order valence-corrected chi connectivity index (χ3v) is 14.6. The van der Waals surface area contributed by atoms with Crippen LogP contribution in [0.1, 0.15) is 94.7 Å². The summed E-state index contributed by atoms with van der Waals surface area (Å²) in [7, 11) is -2.58. The quantitative estimate of drug-likeness (QED) is 0.174. The summed E-state index contributed by atoms with van der Waals surface area (Å²) < 4.78 is 1.50. The minimum absolute atomic E-state index is 0. The summed E-state index contributed by atoms with van der Waals surface area (Å²) in [5, 5.41) is 6.50. The monoisotopic (exact) mass is 672 g/mol. The summed E-state index contributed by atoms with van der Waals surface area (Å²) >= 11 is 2.35. The maximum atomic E-state index is 2.60. The van der Waals surface area contributed by atoms with Gasteiger partial charge in [-0.1, -0.05) is 0 Å². The second kappa shape index (κ2) is 17.4. The van der Waals surface area contributed by atoms with Crippen molar-refractivity contribution in [2.75, 3.05) is 0 Å². The molecule has 1 aliphatic carbocycles. The van der Waals surface area contributed by atoms with Gasteiger partial charge in [0.05, 0.1) is 0 Å². The second-order valence-electron chi connectivity index (χ2n) is 11.1. The van der Waals surface area contributed by atoms with Gasteiger partial charge in [-0.2, -0.15) is 0 Å². The van der Waals surface area contributed by atoms with Crippen molar-refractivity contribution < 1.29 is 57.7 Å². The van der Waals surface area contributed by atoms with E-state index in [-0.39, 0.29) is 37.2 Å². The molecule has 0 unspecified atom stereocenters. The summed E-state index contributed by atoms with van der Waals surface area (Å²) in [6.45, 7) is 16.3. The molecule has 0 N–H and O–H groups in total. The van der Waals surface area contributed by atoms with Crippen LogP contribution < -0.4 is 52.8 Å². The maximum Gasteiger partial charge on any atom is -1.00 e. The first-order chi connectivity index (χ1) is 18.9. The SMILES string of the molecule is CCC1=C([Si](c2cc(CC)cc(CC)c2)(c2cc(CC)cc(CC)c2)c2cc(CC)cc(CC)c2)CC=[C]1[Ti+3].[Cl-].[Cl-].[Cl-]. The van der Waals surface area contributed by atoms with Crippen LogP contribution in [0.5, 0.6) is 0 Å². The zero-order valence-electron chi connectivity index (χ0n) is 26.6. The Morgan fingerprint density at radius 3 is 1.00 bits per heavy atom. The van der Waals surface area contributed by atoms with Crippen molar-refractivity contribution >= 4 is 23.6 Å². The Hall–Kier alpha value is -1.06. The van der Waals surface area contributed by atoms with E-state index < -0.39 is 8.07 Å². The smallest absolute Gasteiger partial charge is 1.00 e. The molecule has 0 fully saturated rings. The molecule has 3 aromatic carbocycles. The fourth-order valence-corrected chi connectivity index (χ4v) is 13.1. The van der Waals surface area contributed by atoms with Gasteiger partial charge in [-0.25, -0.2) is 0 Å². The molecule has 0 amide bonds. The number of hydrogen-bond acceptors (Lipinski definition) is 0. The van der Waals surface area contributed by atoms with Gasteiger partial charge in [0.15, 0.2) is 0 Å². The molecule has 3 aromatic rings. The van der Waals surface area contributed by atoms with Crippen molar-refractivity contribution in [3.63, 3.8) is 0 Å². The van der Waals surface area contributed by atoms with Crippen LogP contribution in [-0.2, 0) is 59.0 Å². The molecular formula is C37H47Cl3SiTi. The van der Waals surface area contributed by atoms with E-state index in [1.807, 2.05) is 0 Å². The summed E-state index contributed by atoms with van der Waals surface area (Å²) in [6.07, 6.45) is 11.2. The molecule has 5 heteroatoms.